The highest BCUT2D eigenvalue weighted by Crippen LogP contribution is 2.49. The standard InChI is InChI=1S/C33H34ClN3O4/c1-4-17-41-27-14-11-22(18-28(27)40-3)25-19-37-29(38)20-36(16-15-21-9-12-23(34)13-10-21)32(39)33(37,2)31-30(25)24-7-5-6-8-26(24)35-31/h5-14,18,25,35H,4,15-17,19-20H2,1-3H3/t25-,33+/m1/s1. The quantitative estimate of drug-likeness (QED) is 0.286. The number of ether oxygens (including phenoxy) is 2. The van der Waals surface area contributed by atoms with Gasteiger partial charge in [0.2, 0.25) is 5.91 Å². The Kier molecular flexibility index (Phi) is 7.16. The van der Waals surface area contributed by atoms with Crippen LogP contribution >= 0.6 is 11.6 Å². The Labute approximate surface area is 245 Å². The first kappa shape index (κ1) is 27.2. The highest BCUT2D eigenvalue weighted by molar-refractivity contribution is 6.30. The van der Waals surface area contributed by atoms with Crippen LogP contribution in [0.2, 0.25) is 5.02 Å². The number of fused-ring (bicyclic) bond motifs is 5. The Bertz CT molecular complexity index is 1610. The van der Waals surface area contributed by atoms with Crippen molar-refractivity contribution in [1.29, 1.82) is 0 Å². The Morgan fingerprint density at radius 1 is 1.05 bits per heavy atom. The summed E-state index contributed by atoms with van der Waals surface area (Å²) >= 11 is 6.05. The minimum Gasteiger partial charge on any atom is -0.493 e. The van der Waals surface area contributed by atoms with Crippen LogP contribution in [0.15, 0.2) is 66.7 Å². The molecule has 0 bridgehead atoms. The van der Waals surface area contributed by atoms with Gasteiger partial charge in [0, 0.05) is 34.9 Å². The summed E-state index contributed by atoms with van der Waals surface area (Å²) in [4.78, 5) is 35.1. The van der Waals surface area contributed by atoms with E-state index in [1.807, 2.05) is 67.6 Å². The van der Waals surface area contributed by atoms with Gasteiger partial charge in [-0.2, -0.15) is 0 Å². The molecule has 6 rings (SSSR count). The molecule has 0 saturated carbocycles. The van der Waals surface area contributed by atoms with Crippen molar-refractivity contribution in [2.45, 2.75) is 38.1 Å². The lowest BCUT2D eigenvalue weighted by molar-refractivity contribution is -0.166. The fourth-order valence-electron chi connectivity index (χ4n) is 6.30. The second-order valence-corrected chi connectivity index (χ2v) is 11.4. The molecule has 0 spiro atoms. The molecule has 3 heterocycles. The third kappa shape index (κ3) is 4.62. The first-order valence-corrected chi connectivity index (χ1v) is 14.5. The number of aromatic amines is 1. The molecule has 2 aliphatic heterocycles. The van der Waals surface area contributed by atoms with E-state index in [0.717, 1.165) is 39.7 Å². The van der Waals surface area contributed by atoms with Crippen molar-refractivity contribution in [1.82, 2.24) is 14.8 Å². The molecule has 1 saturated heterocycles. The number of aromatic nitrogens is 1. The monoisotopic (exact) mass is 571 g/mol. The second kappa shape index (κ2) is 10.8. The highest BCUT2D eigenvalue weighted by atomic mass is 35.5. The molecule has 4 aromatic rings. The van der Waals surface area contributed by atoms with Crippen LogP contribution in [-0.2, 0) is 21.5 Å². The van der Waals surface area contributed by atoms with Gasteiger partial charge in [-0.1, -0.05) is 54.9 Å². The van der Waals surface area contributed by atoms with E-state index in [4.69, 9.17) is 21.1 Å². The van der Waals surface area contributed by atoms with Gasteiger partial charge in [-0.15, -0.1) is 0 Å². The van der Waals surface area contributed by atoms with Gasteiger partial charge >= 0.3 is 0 Å². The lowest BCUT2D eigenvalue weighted by Crippen LogP contribution is -2.67. The number of rotatable bonds is 8. The lowest BCUT2D eigenvalue weighted by Gasteiger charge is -2.51. The average Bonchev–Trinajstić information content (AvgIpc) is 3.39. The first-order valence-electron chi connectivity index (χ1n) is 14.1. The minimum atomic E-state index is -1.14. The Hall–Kier alpha value is -3.97. The van der Waals surface area contributed by atoms with Gasteiger partial charge in [0.25, 0.3) is 5.91 Å². The molecular formula is C33H34ClN3O4. The topological polar surface area (TPSA) is 74.9 Å². The molecule has 0 radical (unpaired) electrons. The number of piperazine rings is 1. The summed E-state index contributed by atoms with van der Waals surface area (Å²) in [6, 6.07) is 21.7. The predicted octanol–water partition coefficient (Wildman–Crippen LogP) is 5.89. The number of amides is 2. The summed E-state index contributed by atoms with van der Waals surface area (Å²) in [7, 11) is 1.64. The van der Waals surface area contributed by atoms with Crippen molar-refractivity contribution in [3.8, 4) is 11.5 Å². The molecule has 0 unspecified atom stereocenters. The van der Waals surface area contributed by atoms with Gasteiger partial charge in [-0.3, -0.25) is 9.59 Å². The number of nitrogens with zero attached hydrogens (tertiary/aromatic N) is 2. The largest absolute Gasteiger partial charge is 0.493 e. The van der Waals surface area contributed by atoms with E-state index in [0.29, 0.717) is 42.6 Å². The van der Waals surface area contributed by atoms with Gasteiger partial charge in [0.05, 0.1) is 26.0 Å². The maximum Gasteiger partial charge on any atom is 0.254 e. The summed E-state index contributed by atoms with van der Waals surface area (Å²) in [5.41, 5.74) is 3.69. The van der Waals surface area contributed by atoms with Gasteiger partial charge < -0.3 is 24.3 Å². The Balaban J connectivity index is 1.41. The number of carbonyl (C=O) groups excluding carboxylic acids is 2. The molecule has 1 fully saturated rings. The molecule has 2 atom stereocenters. The number of methoxy groups -OCH3 is 1. The zero-order valence-electron chi connectivity index (χ0n) is 23.6. The maximum absolute atomic E-state index is 14.3. The van der Waals surface area contributed by atoms with Crippen LogP contribution in [0.3, 0.4) is 0 Å². The fourth-order valence-corrected chi connectivity index (χ4v) is 6.43. The Morgan fingerprint density at radius 2 is 1.83 bits per heavy atom. The number of hydrogen-bond donors (Lipinski definition) is 1. The van der Waals surface area contributed by atoms with E-state index in [1.54, 1.807) is 16.9 Å². The predicted molar refractivity (Wildman–Crippen MR) is 160 cm³/mol. The number of hydrogen-bond acceptors (Lipinski definition) is 4. The van der Waals surface area contributed by atoms with Crippen LogP contribution in [0.25, 0.3) is 10.9 Å². The number of halogens is 1. The molecule has 3 aromatic carbocycles. The second-order valence-electron chi connectivity index (χ2n) is 11.0. The van der Waals surface area contributed by atoms with Crippen LogP contribution in [0.4, 0.5) is 0 Å². The molecule has 7 nitrogen and oxygen atoms in total. The smallest absolute Gasteiger partial charge is 0.254 e. The Morgan fingerprint density at radius 3 is 2.59 bits per heavy atom. The number of benzene rings is 3. The molecule has 2 amide bonds. The van der Waals surface area contributed by atoms with Gasteiger partial charge in [-0.05, 0) is 66.8 Å². The number of nitrogens with one attached hydrogen (secondary N) is 1. The van der Waals surface area contributed by atoms with Crippen molar-refractivity contribution in [2.24, 2.45) is 0 Å². The van der Waals surface area contributed by atoms with E-state index in [9.17, 15) is 9.59 Å². The van der Waals surface area contributed by atoms with Crippen LogP contribution in [0, 0.1) is 0 Å². The molecule has 1 aromatic heterocycles. The molecular weight excluding hydrogens is 538 g/mol. The van der Waals surface area contributed by atoms with Crippen molar-refractivity contribution < 1.29 is 19.1 Å². The van der Waals surface area contributed by atoms with E-state index < -0.39 is 5.54 Å². The summed E-state index contributed by atoms with van der Waals surface area (Å²) in [6.07, 6.45) is 1.54. The van der Waals surface area contributed by atoms with Gasteiger partial charge in [0.15, 0.2) is 17.0 Å². The number of carbonyl (C=O) groups is 2. The summed E-state index contributed by atoms with van der Waals surface area (Å²) < 4.78 is 11.6. The molecule has 212 valence electrons. The van der Waals surface area contributed by atoms with Crippen molar-refractivity contribution >= 4 is 34.3 Å². The minimum absolute atomic E-state index is 0.0530. The van der Waals surface area contributed by atoms with Crippen molar-refractivity contribution in [3.63, 3.8) is 0 Å². The summed E-state index contributed by atoms with van der Waals surface area (Å²) in [6.45, 7) is 5.44. The molecule has 8 heteroatoms. The molecule has 41 heavy (non-hydrogen) atoms. The van der Waals surface area contributed by atoms with Crippen LogP contribution in [-0.4, -0.2) is 59.9 Å². The van der Waals surface area contributed by atoms with Gasteiger partial charge in [0.1, 0.15) is 0 Å². The van der Waals surface area contributed by atoms with E-state index >= 15 is 0 Å². The third-order valence-electron chi connectivity index (χ3n) is 8.45. The number of H-pyrrole nitrogens is 1. The maximum atomic E-state index is 14.3. The summed E-state index contributed by atoms with van der Waals surface area (Å²) in [5, 5.41) is 1.72. The normalized spacial score (nSPS) is 20.2. The molecule has 2 aliphatic rings. The SMILES string of the molecule is CCCOc1ccc([C@H]2CN3C(=O)CN(CCc4ccc(Cl)cc4)C(=O)[C@]3(C)c3[nH]c4ccccc4c32)cc1OC. The lowest BCUT2D eigenvalue weighted by atomic mass is 9.76. The van der Waals surface area contributed by atoms with Crippen molar-refractivity contribution in [2.75, 3.05) is 33.4 Å². The van der Waals surface area contributed by atoms with E-state index in [2.05, 4.69) is 18.0 Å². The fraction of sp³-hybridized carbons (Fsp3) is 0.333. The summed E-state index contributed by atoms with van der Waals surface area (Å²) in [5.74, 6) is 1.06. The van der Waals surface area contributed by atoms with Crippen LogP contribution in [0.1, 0.15) is 48.6 Å². The van der Waals surface area contributed by atoms with Crippen LogP contribution in [0.5, 0.6) is 11.5 Å². The van der Waals surface area contributed by atoms with Gasteiger partial charge in [-0.25, -0.2) is 0 Å². The zero-order valence-corrected chi connectivity index (χ0v) is 24.3. The third-order valence-corrected chi connectivity index (χ3v) is 8.70. The number of para-hydroxylation sites is 1. The van der Waals surface area contributed by atoms with Crippen LogP contribution < -0.4 is 9.47 Å². The first-order chi connectivity index (χ1) is 19.8. The zero-order chi connectivity index (χ0) is 28.7. The average molecular weight is 572 g/mol. The van der Waals surface area contributed by atoms with Crippen molar-refractivity contribution in [3.05, 3.63) is 94.1 Å². The van der Waals surface area contributed by atoms with E-state index in [1.165, 1.54) is 0 Å². The molecule has 1 N–H and O–H groups in total. The molecule has 0 aliphatic carbocycles. The highest BCUT2D eigenvalue weighted by Gasteiger charge is 2.56. The van der Waals surface area contributed by atoms with E-state index in [-0.39, 0.29) is 24.3 Å².